The number of fused-ring (bicyclic) bond motifs is 1. The summed E-state index contributed by atoms with van der Waals surface area (Å²) in [6, 6.07) is 0. The molecular formula is C9H13N3. The first-order valence-corrected chi connectivity index (χ1v) is 4.19. The molecule has 1 aromatic rings. The van der Waals surface area contributed by atoms with Crippen molar-refractivity contribution >= 4 is 11.4 Å². The lowest BCUT2D eigenvalue weighted by molar-refractivity contribution is 1.09. The summed E-state index contributed by atoms with van der Waals surface area (Å²) in [5.74, 6) is 0. The molecule has 0 saturated heterocycles. The van der Waals surface area contributed by atoms with Gasteiger partial charge in [-0.2, -0.15) is 0 Å². The molecule has 0 saturated carbocycles. The van der Waals surface area contributed by atoms with E-state index in [-0.39, 0.29) is 0 Å². The second-order valence-corrected chi connectivity index (χ2v) is 2.38. The van der Waals surface area contributed by atoms with Gasteiger partial charge in [0.05, 0.1) is 11.9 Å². The second kappa shape index (κ2) is 3.95. The summed E-state index contributed by atoms with van der Waals surface area (Å²) in [6.45, 7) is 6.00. The van der Waals surface area contributed by atoms with Crippen LogP contribution in [0.2, 0.25) is 0 Å². The summed E-state index contributed by atoms with van der Waals surface area (Å²) < 4.78 is 0. The fourth-order valence-corrected chi connectivity index (χ4v) is 1.06. The van der Waals surface area contributed by atoms with E-state index >= 15 is 0 Å². The minimum atomic E-state index is 0.887. The van der Waals surface area contributed by atoms with Gasteiger partial charge in [0.25, 0.3) is 0 Å². The minimum absolute atomic E-state index is 0.887. The number of rotatable bonds is 0. The first-order chi connectivity index (χ1) is 5.86. The molecule has 12 heavy (non-hydrogen) atoms. The van der Waals surface area contributed by atoms with Gasteiger partial charge in [0.15, 0.2) is 0 Å². The standard InChI is InChI=1S/C7H7N3.C2H6/c1-5-2-6-7(10-5)3-8-4-9-6;1-2/h3-4H,2H2,1H3;1-2H3. The molecule has 0 bridgehead atoms. The molecule has 0 aliphatic carbocycles. The van der Waals surface area contributed by atoms with Crippen molar-refractivity contribution in [1.29, 1.82) is 0 Å². The largest absolute Gasteiger partial charge is 0.254 e. The second-order valence-electron chi connectivity index (χ2n) is 2.38. The van der Waals surface area contributed by atoms with Crippen LogP contribution in [0.5, 0.6) is 0 Å². The molecule has 1 aliphatic rings. The number of hydrogen-bond acceptors (Lipinski definition) is 3. The predicted octanol–water partition coefficient (Wildman–Crippen LogP) is 2.15. The Morgan fingerprint density at radius 2 is 2.08 bits per heavy atom. The van der Waals surface area contributed by atoms with Crippen LogP contribution in [0.1, 0.15) is 26.5 Å². The Morgan fingerprint density at radius 1 is 1.33 bits per heavy atom. The van der Waals surface area contributed by atoms with E-state index in [1.54, 1.807) is 12.5 Å². The maximum atomic E-state index is 4.24. The van der Waals surface area contributed by atoms with Crippen molar-refractivity contribution in [2.75, 3.05) is 0 Å². The first kappa shape index (κ1) is 8.84. The van der Waals surface area contributed by atoms with Crippen LogP contribution in [-0.4, -0.2) is 15.7 Å². The smallest absolute Gasteiger partial charge is 0.115 e. The molecule has 3 heteroatoms. The summed E-state index contributed by atoms with van der Waals surface area (Å²) in [6.07, 6.45) is 4.20. The van der Waals surface area contributed by atoms with Crippen LogP contribution in [0, 0.1) is 0 Å². The van der Waals surface area contributed by atoms with Gasteiger partial charge < -0.3 is 0 Å². The molecular weight excluding hydrogens is 150 g/mol. The summed E-state index contributed by atoms with van der Waals surface area (Å²) >= 11 is 0. The quantitative estimate of drug-likeness (QED) is 0.587. The number of aliphatic imine (C=N–C) groups is 1. The molecule has 64 valence electrons. The van der Waals surface area contributed by atoms with Crippen molar-refractivity contribution in [2.45, 2.75) is 27.2 Å². The third-order valence-electron chi connectivity index (χ3n) is 1.51. The van der Waals surface area contributed by atoms with E-state index in [4.69, 9.17) is 0 Å². The van der Waals surface area contributed by atoms with Crippen molar-refractivity contribution in [2.24, 2.45) is 4.99 Å². The van der Waals surface area contributed by atoms with Crippen LogP contribution < -0.4 is 0 Å². The highest BCUT2D eigenvalue weighted by Crippen LogP contribution is 2.21. The van der Waals surface area contributed by atoms with Crippen molar-refractivity contribution in [3.05, 3.63) is 18.2 Å². The molecule has 0 amide bonds. The minimum Gasteiger partial charge on any atom is -0.254 e. The maximum Gasteiger partial charge on any atom is 0.115 e. The Morgan fingerprint density at radius 3 is 2.75 bits per heavy atom. The SMILES string of the molecule is CC.CC1=Nc2cncnc2C1. The molecule has 0 atom stereocenters. The van der Waals surface area contributed by atoms with E-state index in [0.29, 0.717) is 0 Å². The van der Waals surface area contributed by atoms with Crippen molar-refractivity contribution in [1.82, 2.24) is 9.97 Å². The average molecular weight is 163 g/mol. The van der Waals surface area contributed by atoms with Gasteiger partial charge in [-0.3, -0.25) is 4.99 Å². The highest BCUT2D eigenvalue weighted by molar-refractivity contribution is 5.91. The Kier molecular flexibility index (Phi) is 2.91. The molecule has 0 unspecified atom stereocenters. The highest BCUT2D eigenvalue weighted by atomic mass is 14.9. The summed E-state index contributed by atoms with van der Waals surface area (Å²) in [7, 11) is 0. The normalized spacial score (nSPS) is 12.8. The Balaban J connectivity index is 0.000000336. The lowest BCUT2D eigenvalue weighted by Crippen LogP contribution is -1.91. The first-order valence-electron chi connectivity index (χ1n) is 4.19. The molecule has 3 nitrogen and oxygen atoms in total. The van der Waals surface area contributed by atoms with Gasteiger partial charge in [0, 0.05) is 12.1 Å². The maximum absolute atomic E-state index is 4.24. The topological polar surface area (TPSA) is 38.1 Å². The monoisotopic (exact) mass is 163 g/mol. The fraction of sp³-hybridized carbons (Fsp3) is 0.444. The van der Waals surface area contributed by atoms with Crippen molar-refractivity contribution in [3.8, 4) is 0 Å². The van der Waals surface area contributed by atoms with Gasteiger partial charge in [-0.05, 0) is 6.92 Å². The molecule has 1 aliphatic heterocycles. The lowest BCUT2D eigenvalue weighted by Gasteiger charge is -1.89. The molecule has 0 spiro atoms. The van der Waals surface area contributed by atoms with Crippen LogP contribution in [0.15, 0.2) is 17.5 Å². The van der Waals surface area contributed by atoms with Crippen LogP contribution >= 0.6 is 0 Å². The van der Waals surface area contributed by atoms with Gasteiger partial charge in [0.2, 0.25) is 0 Å². The number of nitrogens with zero attached hydrogens (tertiary/aromatic N) is 3. The summed E-state index contributed by atoms with van der Waals surface area (Å²) in [5.41, 5.74) is 3.10. The molecule has 1 aromatic heterocycles. The Hall–Kier alpha value is -1.25. The van der Waals surface area contributed by atoms with Gasteiger partial charge in [-0.25, -0.2) is 9.97 Å². The van der Waals surface area contributed by atoms with E-state index in [0.717, 1.165) is 23.5 Å². The molecule has 0 radical (unpaired) electrons. The zero-order chi connectivity index (χ0) is 8.97. The van der Waals surface area contributed by atoms with E-state index < -0.39 is 0 Å². The predicted molar refractivity (Wildman–Crippen MR) is 49.9 cm³/mol. The zero-order valence-electron chi connectivity index (χ0n) is 7.70. The van der Waals surface area contributed by atoms with Gasteiger partial charge in [-0.15, -0.1) is 0 Å². The van der Waals surface area contributed by atoms with Gasteiger partial charge in [-0.1, -0.05) is 13.8 Å². The number of aromatic nitrogens is 2. The lowest BCUT2D eigenvalue weighted by atomic mass is 10.2. The molecule has 2 heterocycles. The van der Waals surface area contributed by atoms with E-state index in [1.165, 1.54) is 0 Å². The average Bonchev–Trinajstić information content (AvgIpc) is 2.48. The van der Waals surface area contributed by atoms with Gasteiger partial charge >= 0.3 is 0 Å². The molecule has 0 aromatic carbocycles. The van der Waals surface area contributed by atoms with Crippen molar-refractivity contribution in [3.63, 3.8) is 0 Å². The van der Waals surface area contributed by atoms with E-state index in [1.807, 2.05) is 20.8 Å². The molecule has 0 fully saturated rings. The van der Waals surface area contributed by atoms with Crippen LogP contribution in [0.25, 0.3) is 0 Å². The summed E-state index contributed by atoms with van der Waals surface area (Å²) in [4.78, 5) is 12.2. The molecule has 2 rings (SSSR count). The highest BCUT2D eigenvalue weighted by Gasteiger charge is 2.10. The third kappa shape index (κ3) is 1.67. The fourth-order valence-electron chi connectivity index (χ4n) is 1.06. The van der Waals surface area contributed by atoms with Crippen LogP contribution in [0.3, 0.4) is 0 Å². The Labute approximate surface area is 72.6 Å². The third-order valence-corrected chi connectivity index (χ3v) is 1.51. The molecule has 0 N–H and O–H groups in total. The van der Waals surface area contributed by atoms with Crippen molar-refractivity contribution < 1.29 is 0 Å². The van der Waals surface area contributed by atoms with E-state index in [9.17, 15) is 0 Å². The van der Waals surface area contributed by atoms with Crippen LogP contribution in [-0.2, 0) is 6.42 Å². The van der Waals surface area contributed by atoms with Crippen LogP contribution in [0.4, 0.5) is 5.69 Å². The number of hydrogen-bond donors (Lipinski definition) is 0. The Bertz CT molecular complexity index is 292. The van der Waals surface area contributed by atoms with Gasteiger partial charge in [0.1, 0.15) is 12.0 Å². The van der Waals surface area contributed by atoms with E-state index in [2.05, 4.69) is 15.0 Å². The summed E-state index contributed by atoms with van der Waals surface area (Å²) in [5, 5.41) is 0. The zero-order valence-corrected chi connectivity index (χ0v) is 7.70.